The summed E-state index contributed by atoms with van der Waals surface area (Å²) in [6, 6.07) is 9.61. The Morgan fingerprint density at radius 2 is 2.00 bits per heavy atom. The molecule has 0 saturated heterocycles. The molecule has 0 unspecified atom stereocenters. The van der Waals surface area contributed by atoms with Gasteiger partial charge in [-0.1, -0.05) is 30.3 Å². The highest BCUT2D eigenvalue weighted by Gasteiger charge is 2.24. The first-order chi connectivity index (χ1) is 7.06. The number of carbonyl (C=O) groups is 2. The van der Waals surface area contributed by atoms with Gasteiger partial charge in [-0.05, 0) is 12.5 Å². The summed E-state index contributed by atoms with van der Waals surface area (Å²) in [5, 5.41) is 2.65. The van der Waals surface area contributed by atoms with Gasteiger partial charge in [-0.3, -0.25) is 4.79 Å². The molecule has 15 heavy (non-hydrogen) atoms. The van der Waals surface area contributed by atoms with Gasteiger partial charge < -0.3 is 10.1 Å². The number of hydrogen-bond donors (Lipinski definition) is 1. The van der Waals surface area contributed by atoms with Crippen molar-refractivity contribution in [3.8, 4) is 0 Å². The lowest BCUT2D eigenvalue weighted by Gasteiger charge is -2.23. The van der Waals surface area contributed by atoms with Crippen LogP contribution in [0.15, 0.2) is 30.3 Å². The van der Waals surface area contributed by atoms with Gasteiger partial charge in [0.25, 0.3) is 0 Å². The Morgan fingerprint density at radius 3 is 2.47 bits per heavy atom. The molecule has 3 nitrogen and oxygen atoms in total. The van der Waals surface area contributed by atoms with Crippen LogP contribution in [0.3, 0.4) is 0 Å². The lowest BCUT2D eigenvalue weighted by molar-refractivity contribution is -0.124. The smallest absolute Gasteiger partial charge is 0.217 e. The summed E-state index contributed by atoms with van der Waals surface area (Å²) in [4.78, 5) is 21.9. The molecule has 0 fully saturated rings. The predicted octanol–water partition coefficient (Wildman–Crippen LogP) is 1.32. The van der Waals surface area contributed by atoms with Gasteiger partial charge >= 0.3 is 0 Å². The van der Waals surface area contributed by atoms with Crippen molar-refractivity contribution in [1.29, 1.82) is 0 Å². The first-order valence-corrected chi connectivity index (χ1v) is 4.85. The van der Waals surface area contributed by atoms with Crippen molar-refractivity contribution in [1.82, 2.24) is 5.32 Å². The third-order valence-electron chi connectivity index (χ3n) is 2.14. The molecule has 80 valence electrons. The Labute approximate surface area is 89.5 Å². The van der Waals surface area contributed by atoms with E-state index in [9.17, 15) is 9.59 Å². The number of amides is 1. The Bertz CT molecular complexity index is 348. The fourth-order valence-corrected chi connectivity index (χ4v) is 1.54. The lowest BCUT2D eigenvalue weighted by Crippen LogP contribution is -2.48. The minimum atomic E-state index is -0.812. The van der Waals surface area contributed by atoms with E-state index in [0.717, 1.165) is 11.8 Å². The van der Waals surface area contributed by atoms with E-state index in [1.807, 2.05) is 30.3 Å². The summed E-state index contributed by atoms with van der Waals surface area (Å²) in [5.74, 6) is -0.194. The molecule has 1 amide bonds. The topological polar surface area (TPSA) is 46.2 Å². The molecule has 1 rings (SSSR count). The van der Waals surface area contributed by atoms with Crippen LogP contribution in [0, 0.1) is 0 Å². The van der Waals surface area contributed by atoms with Crippen molar-refractivity contribution >= 4 is 12.2 Å². The zero-order valence-corrected chi connectivity index (χ0v) is 8.99. The summed E-state index contributed by atoms with van der Waals surface area (Å²) in [7, 11) is 0. The van der Waals surface area contributed by atoms with E-state index in [4.69, 9.17) is 0 Å². The number of rotatable bonds is 4. The molecule has 0 aromatic heterocycles. The largest absolute Gasteiger partial charge is 0.344 e. The maximum absolute atomic E-state index is 11.0. The van der Waals surface area contributed by atoms with E-state index in [0.29, 0.717) is 6.42 Å². The van der Waals surface area contributed by atoms with Crippen molar-refractivity contribution in [3.63, 3.8) is 0 Å². The molecule has 0 spiro atoms. The maximum atomic E-state index is 11.0. The highest BCUT2D eigenvalue weighted by atomic mass is 16.2. The van der Waals surface area contributed by atoms with Gasteiger partial charge in [0.2, 0.25) is 5.91 Å². The standard InChI is InChI=1S/C12H15NO2/c1-10(15)13-12(2,9-14)8-11-6-4-3-5-7-11/h3-7,9H,8H2,1-2H3,(H,13,15)/t12-/m0/s1. The predicted molar refractivity (Wildman–Crippen MR) is 58.4 cm³/mol. The second kappa shape index (κ2) is 4.73. The fraction of sp³-hybridized carbons (Fsp3) is 0.333. The zero-order valence-electron chi connectivity index (χ0n) is 8.99. The van der Waals surface area contributed by atoms with Gasteiger partial charge in [0.05, 0.1) is 5.54 Å². The summed E-state index contributed by atoms with van der Waals surface area (Å²) >= 11 is 0. The number of nitrogens with one attached hydrogen (secondary N) is 1. The fourth-order valence-electron chi connectivity index (χ4n) is 1.54. The molecule has 0 heterocycles. The molecule has 3 heteroatoms. The van der Waals surface area contributed by atoms with Crippen molar-refractivity contribution in [3.05, 3.63) is 35.9 Å². The first kappa shape index (κ1) is 11.4. The number of aldehydes is 1. The van der Waals surface area contributed by atoms with Crippen LogP contribution in [-0.2, 0) is 16.0 Å². The number of carbonyl (C=O) groups excluding carboxylic acids is 2. The molecule has 1 N–H and O–H groups in total. The minimum absolute atomic E-state index is 0.194. The zero-order chi connectivity index (χ0) is 11.3. The molecule has 1 aromatic rings. The van der Waals surface area contributed by atoms with E-state index in [1.165, 1.54) is 6.92 Å². The van der Waals surface area contributed by atoms with Crippen LogP contribution < -0.4 is 5.32 Å². The number of benzene rings is 1. The van der Waals surface area contributed by atoms with E-state index >= 15 is 0 Å². The Kier molecular flexibility index (Phi) is 3.61. The van der Waals surface area contributed by atoms with Gasteiger partial charge in [0.1, 0.15) is 6.29 Å². The molecule has 0 bridgehead atoms. The summed E-state index contributed by atoms with van der Waals surface area (Å²) < 4.78 is 0. The number of hydrogen-bond acceptors (Lipinski definition) is 2. The average molecular weight is 205 g/mol. The van der Waals surface area contributed by atoms with E-state index in [-0.39, 0.29) is 5.91 Å². The van der Waals surface area contributed by atoms with Gasteiger partial charge in [-0.15, -0.1) is 0 Å². The van der Waals surface area contributed by atoms with E-state index in [2.05, 4.69) is 5.32 Å². The maximum Gasteiger partial charge on any atom is 0.217 e. The van der Waals surface area contributed by atoms with Crippen molar-refractivity contribution < 1.29 is 9.59 Å². The van der Waals surface area contributed by atoms with Crippen LogP contribution in [-0.4, -0.2) is 17.7 Å². The quantitative estimate of drug-likeness (QED) is 0.753. The normalized spacial score (nSPS) is 14.0. The van der Waals surface area contributed by atoms with Crippen molar-refractivity contribution in [2.45, 2.75) is 25.8 Å². The second-order valence-electron chi connectivity index (χ2n) is 3.88. The first-order valence-electron chi connectivity index (χ1n) is 4.85. The van der Waals surface area contributed by atoms with E-state index in [1.54, 1.807) is 6.92 Å². The Morgan fingerprint density at radius 1 is 1.40 bits per heavy atom. The summed E-state index contributed by atoms with van der Waals surface area (Å²) in [5.41, 5.74) is 0.216. The van der Waals surface area contributed by atoms with Gasteiger partial charge in [-0.2, -0.15) is 0 Å². The van der Waals surface area contributed by atoms with E-state index < -0.39 is 5.54 Å². The molecule has 0 saturated carbocycles. The van der Waals surface area contributed by atoms with Crippen LogP contribution in [0.25, 0.3) is 0 Å². The molecule has 1 atom stereocenters. The van der Waals surface area contributed by atoms with Crippen molar-refractivity contribution in [2.24, 2.45) is 0 Å². The Balaban J connectivity index is 2.76. The van der Waals surface area contributed by atoms with Crippen LogP contribution in [0.5, 0.6) is 0 Å². The molecular weight excluding hydrogens is 190 g/mol. The Hall–Kier alpha value is -1.64. The SMILES string of the molecule is CC(=O)N[C@](C)(C=O)Cc1ccccc1. The molecule has 0 aliphatic carbocycles. The third kappa shape index (κ3) is 3.54. The molecular formula is C12H15NO2. The molecule has 0 aliphatic rings. The minimum Gasteiger partial charge on any atom is -0.344 e. The van der Waals surface area contributed by atoms with Crippen LogP contribution >= 0.6 is 0 Å². The van der Waals surface area contributed by atoms with Crippen LogP contribution in [0.1, 0.15) is 19.4 Å². The van der Waals surface area contributed by atoms with Gasteiger partial charge in [-0.25, -0.2) is 0 Å². The lowest BCUT2D eigenvalue weighted by atomic mass is 9.94. The molecule has 0 aliphatic heterocycles. The summed E-state index contributed by atoms with van der Waals surface area (Å²) in [6.45, 7) is 3.13. The van der Waals surface area contributed by atoms with Crippen molar-refractivity contribution in [2.75, 3.05) is 0 Å². The average Bonchev–Trinajstić information content (AvgIpc) is 2.18. The van der Waals surface area contributed by atoms with Gasteiger partial charge in [0, 0.05) is 13.3 Å². The second-order valence-corrected chi connectivity index (χ2v) is 3.88. The highest BCUT2D eigenvalue weighted by Crippen LogP contribution is 2.10. The highest BCUT2D eigenvalue weighted by molar-refractivity contribution is 5.79. The molecule has 0 radical (unpaired) electrons. The van der Waals surface area contributed by atoms with Crippen LogP contribution in [0.4, 0.5) is 0 Å². The third-order valence-corrected chi connectivity index (χ3v) is 2.14. The summed E-state index contributed by atoms with van der Waals surface area (Å²) in [6.07, 6.45) is 1.29. The van der Waals surface area contributed by atoms with Crippen LogP contribution in [0.2, 0.25) is 0 Å². The monoisotopic (exact) mass is 205 g/mol. The van der Waals surface area contributed by atoms with Gasteiger partial charge in [0.15, 0.2) is 0 Å². The molecule has 1 aromatic carbocycles.